The lowest BCUT2D eigenvalue weighted by Gasteiger charge is -2.19. The van der Waals surface area contributed by atoms with Crippen molar-refractivity contribution in [2.24, 2.45) is 5.92 Å². The molecular weight excluding hydrogens is 256 g/mol. The molecule has 0 radical (unpaired) electrons. The van der Waals surface area contributed by atoms with Crippen LogP contribution in [0.1, 0.15) is 6.92 Å². The summed E-state index contributed by atoms with van der Waals surface area (Å²) in [6.07, 6.45) is 0. The predicted molar refractivity (Wildman–Crippen MR) is 80.2 cm³/mol. The van der Waals surface area contributed by atoms with E-state index in [9.17, 15) is 9.59 Å². The van der Waals surface area contributed by atoms with Gasteiger partial charge in [-0.1, -0.05) is 6.92 Å². The molecule has 0 aliphatic rings. The van der Waals surface area contributed by atoms with Crippen LogP contribution in [0.2, 0.25) is 0 Å². The van der Waals surface area contributed by atoms with Gasteiger partial charge in [-0.25, -0.2) is 0 Å². The number of rotatable bonds is 6. The summed E-state index contributed by atoms with van der Waals surface area (Å²) in [7, 11) is 3.41. The minimum atomic E-state index is -0.158. The Balaban J connectivity index is 2.41. The number of hydrogen-bond acceptors (Lipinski definition) is 4. The molecule has 110 valence electrons. The number of carbonyl (C=O) groups is 2. The molecule has 1 aromatic carbocycles. The van der Waals surface area contributed by atoms with Crippen LogP contribution in [0.4, 0.5) is 11.4 Å². The zero-order chi connectivity index (χ0) is 15.1. The first-order chi connectivity index (χ1) is 9.42. The zero-order valence-corrected chi connectivity index (χ0v) is 12.1. The molecule has 1 atom stereocenters. The van der Waals surface area contributed by atoms with Gasteiger partial charge in [-0.2, -0.15) is 0 Å². The standard InChI is InChI=1S/C14H22N4O2/c1-10(14(20)16-2)8-18(3)9-13(19)17-12-6-4-11(15)5-7-12/h4-7,10H,8-9,15H2,1-3H3,(H,16,20)(H,17,19). The fourth-order valence-electron chi connectivity index (χ4n) is 1.87. The van der Waals surface area contributed by atoms with Gasteiger partial charge in [0.25, 0.3) is 0 Å². The van der Waals surface area contributed by atoms with Gasteiger partial charge >= 0.3 is 0 Å². The molecule has 2 amide bonds. The van der Waals surface area contributed by atoms with E-state index in [1.165, 1.54) is 0 Å². The van der Waals surface area contributed by atoms with E-state index in [0.29, 0.717) is 17.9 Å². The summed E-state index contributed by atoms with van der Waals surface area (Å²) in [5.41, 5.74) is 6.93. The molecule has 0 spiro atoms. The quantitative estimate of drug-likeness (QED) is 0.662. The minimum Gasteiger partial charge on any atom is -0.399 e. The van der Waals surface area contributed by atoms with Crippen molar-refractivity contribution in [2.75, 3.05) is 38.2 Å². The van der Waals surface area contributed by atoms with Crippen LogP contribution in [-0.4, -0.2) is 43.9 Å². The van der Waals surface area contributed by atoms with Crippen molar-refractivity contribution < 1.29 is 9.59 Å². The normalized spacial score (nSPS) is 12.0. The van der Waals surface area contributed by atoms with E-state index < -0.39 is 0 Å². The number of anilines is 2. The highest BCUT2D eigenvalue weighted by molar-refractivity contribution is 5.92. The summed E-state index contributed by atoms with van der Waals surface area (Å²) in [6.45, 7) is 2.58. The van der Waals surface area contributed by atoms with E-state index >= 15 is 0 Å². The van der Waals surface area contributed by atoms with Crippen LogP contribution in [0.15, 0.2) is 24.3 Å². The highest BCUT2D eigenvalue weighted by Crippen LogP contribution is 2.10. The molecule has 0 heterocycles. The van der Waals surface area contributed by atoms with E-state index in [2.05, 4.69) is 10.6 Å². The van der Waals surface area contributed by atoms with Crippen molar-refractivity contribution in [2.45, 2.75) is 6.92 Å². The maximum Gasteiger partial charge on any atom is 0.238 e. The highest BCUT2D eigenvalue weighted by Gasteiger charge is 2.15. The summed E-state index contributed by atoms with van der Waals surface area (Å²) in [5, 5.41) is 5.37. The first kappa shape index (κ1) is 16.0. The molecule has 4 N–H and O–H groups in total. The van der Waals surface area contributed by atoms with Crippen LogP contribution >= 0.6 is 0 Å². The fraction of sp³-hybridized carbons (Fsp3) is 0.429. The van der Waals surface area contributed by atoms with Crippen molar-refractivity contribution in [3.63, 3.8) is 0 Å². The smallest absolute Gasteiger partial charge is 0.238 e. The first-order valence-corrected chi connectivity index (χ1v) is 6.48. The van der Waals surface area contributed by atoms with E-state index in [1.807, 2.05) is 18.9 Å². The Kier molecular flexibility index (Phi) is 5.99. The molecular formula is C14H22N4O2. The average Bonchev–Trinajstić information content (AvgIpc) is 2.40. The topological polar surface area (TPSA) is 87.5 Å². The third kappa shape index (κ3) is 5.27. The number of likely N-dealkylation sites (N-methyl/N-ethyl adjacent to an activating group) is 1. The number of nitrogens with one attached hydrogen (secondary N) is 2. The third-order valence-electron chi connectivity index (χ3n) is 2.89. The van der Waals surface area contributed by atoms with Crippen molar-refractivity contribution >= 4 is 23.2 Å². The predicted octanol–water partition coefficient (Wildman–Crippen LogP) is 0.521. The summed E-state index contributed by atoms with van der Waals surface area (Å²) in [5.74, 6) is -0.313. The van der Waals surface area contributed by atoms with Crippen molar-refractivity contribution in [3.8, 4) is 0 Å². The number of nitrogens with zero attached hydrogens (tertiary/aromatic N) is 1. The highest BCUT2D eigenvalue weighted by atomic mass is 16.2. The molecule has 1 aromatic rings. The number of nitrogen functional groups attached to an aromatic ring is 1. The van der Waals surface area contributed by atoms with Crippen molar-refractivity contribution in [1.82, 2.24) is 10.2 Å². The Morgan fingerprint density at radius 2 is 1.90 bits per heavy atom. The van der Waals surface area contributed by atoms with Crippen molar-refractivity contribution in [3.05, 3.63) is 24.3 Å². The Morgan fingerprint density at radius 3 is 2.45 bits per heavy atom. The summed E-state index contributed by atoms with van der Waals surface area (Å²) in [4.78, 5) is 25.1. The Hall–Kier alpha value is -2.08. The molecule has 0 fully saturated rings. The summed E-state index contributed by atoms with van der Waals surface area (Å²) >= 11 is 0. The summed E-state index contributed by atoms with van der Waals surface area (Å²) < 4.78 is 0. The Morgan fingerprint density at radius 1 is 1.30 bits per heavy atom. The lowest BCUT2D eigenvalue weighted by Crippen LogP contribution is -2.38. The van der Waals surface area contributed by atoms with Crippen LogP contribution in [0.3, 0.4) is 0 Å². The Bertz CT molecular complexity index is 459. The maximum absolute atomic E-state index is 11.8. The average molecular weight is 278 g/mol. The first-order valence-electron chi connectivity index (χ1n) is 6.48. The fourth-order valence-corrected chi connectivity index (χ4v) is 1.87. The van der Waals surface area contributed by atoms with E-state index in [4.69, 9.17) is 5.73 Å². The van der Waals surface area contributed by atoms with E-state index in [1.54, 1.807) is 31.3 Å². The van der Waals surface area contributed by atoms with Gasteiger partial charge in [-0.05, 0) is 31.3 Å². The second-order valence-corrected chi connectivity index (χ2v) is 4.88. The van der Waals surface area contributed by atoms with Crippen LogP contribution in [0.25, 0.3) is 0 Å². The molecule has 0 aromatic heterocycles. The van der Waals surface area contributed by atoms with Crippen LogP contribution in [0, 0.1) is 5.92 Å². The van der Waals surface area contributed by atoms with Gasteiger partial charge in [0.2, 0.25) is 11.8 Å². The summed E-state index contributed by atoms with van der Waals surface area (Å²) in [6, 6.07) is 6.96. The largest absolute Gasteiger partial charge is 0.399 e. The van der Waals surface area contributed by atoms with Crippen LogP contribution in [0.5, 0.6) is 0 Å². The SMILES string of the molecule is CNC(=O)C(C)CN(C)CC(=O)Nc1ccc(N)cc1. The van der Waals surface area contributed by atoms with Gasteiger partial charge in [0.15, 0.2) is 0 Å². The maximum atomic E-state index is 11.8. The number of carbonyl (C=O) groups excluding carboxylic acids is 2. The molecule has 0 aliphatic heterocycles. The molecule has 0 saturated heterocycles. The molecule has 6 nitrogen and oxygen atoms in total. The van der Waals surface area contributed by atoms with E-state index in [-0.39, 0.29) is 24.3 Å². The molecule has 0 bridgehead atoms. The second-order valence-electron chi connectivity index (χ2n) is 4.88. The molecule has 6 heteroatoms. The lowest BCUT2D eigenvalue weighted by atomic mass is 10.1. The van der Waals surface area contributed by atoms with Crippen LogP contribution in [-0.2, 0) is 9.59 Å². The lowest BCUT2D eigenvalue weighted by molar-refractivity contribution is -0.125. The van der Waals surface area contributed by atoms with Gasteiger partial charge in [-0.15, -0.1) is 0 Å². The zero-order valence-electron chi connectivity index (χ0n) is 12.1. The Labute approximate surface area is 119 Å². The molecule has 1 unspecified atom stereocenters. The van der Waals surface area contributed by atoms with Gasteiger partial charge < -0.3 is 16.4 Å². The second kappa shape index (κ2) is 7.49. The van der Waals surface area contributed by atoms with Crippen molar-refractivity contribution in [1.29, 1.82) is 0 Å². The molecule has 1 rings (SSSR count). The number of nitrogens with two attached hydrogens (primary N) is 1. The van der Waals surface area contributed by atoms with Gasteiger partial charge in [-0.3, -0.25) is 14.5 Å². The van der Waals surface area contributed by atoms with E-state index in [0.717, 1.165) is 0 Å². The molecule has 0 saturated carbocycles. The van der Waals surface area contributed by atoms with Gasteiger partial charge in [0, 0.05) is 30.9 Å². The third-order valence-corrected chi connectivity index (χ3v) is 2.89. The number of hydrogen-bond donors (Lipinski definition) is 3. The molecule has 20 heavy (non-hydrogen) atoms. The van der Waals surface area contributed by atoms with Gasteiger partial charge in [0.1, 0.15) is 0 Å². The van der Waals surface area contributed by atoms with Crippen LogP contribution < -0.4 is 16.4 Å². The van der Waals surface area contributed by atoms with Gasteiger partial charge in [0.05, 0.1) is 6.54 Å². The minimum absolute atomic E-state index is 0.0317. The monoisotopic (exact) mass is 278 g/mol. The number of amides is 2. The number of benzene rings is 1. The molecule has 0 aliphatic carbocycles.